The number of aryl methyl sites for hydroxylation is 2. The molecular formula is C27H33N3O3S2. The number of thiazole rings is 1. The first kappa shape index (κ1) is 26.9. The van der Waals surface area contributed by atoms with Gasteiger partial charge >= 0.3 is 0 Å². The average molecular weight is 512 g/mol. The van der Waals surface area contributed by atoms with Gasteiger partial charge in [0.25, 0.3) is 5.91 Å². The minimum atomic E-state index is -3.66. The standard InChI is InChI=1S/C27H33N3O3S2/c1-8-13-30-24-14-20(6)21(7)15-25(24)34-27(30)28-26(31)22-9-11-23(12-10-22)35(32,33)29(16-18(2)3)17-19(4)5/h1,9-12,14-15,18-19H,13,16-17H2,2-7H3. The van der Waals surface area contributed by atoms with E-state index in [9.17, 15) is 13.2 Å². The maximum absolute atomic E-state index is 13.2. The summed E-state index contributed by atoms with van der Waals surface area (Å²) in [6.07, 6.45) is 5.58. The number of fused-ring (bicyclic) bond motifs is 1. The van der Waals surface area contributed by atoms with Gasteiger partial charge in [-0.3, -0.25) is 4.79 Å². The lowest BCUT2D eigenvalue weighted by Gasteiger charge is -2.25. The van der Waals surface area contributed by atoms with E-state index in [0.717, 1.165) is 21.3 Å². The molecule has 0 aliphatic carbocycles. The van der Waals surface area contributed by atoms with Crippen molar-refractivity contribution in [2.24, 2.45) is 16.8 Å². The molecule has 0 fully saturated rings. The first-order valence-corrected chi connectivity index (χ1v) is 13.9. The molecule has 3 rings (SSSR count). The van der Waals surface area contributed by atoms with Crippen molar-refractivity contribution in [1.29, 1.82) is 0 Å². The Morgan fingerprint density at radius 3 is 2.17 bits per heavy atom. The quantitative estimate of drug-likeness (QED) is 0.400. The number of sulfonamides is 1. The Balaban J connectivity index is 1.97. The van der Waals surface area contributed by atoms with Crippen molar-refractivity contribution < 1.29 is 13.2 Å². The molecule has 0 aliphatic heterocycles. The van der Waals surface area contributed by atoms with Gasteiger partial charge in [0.2, 0.25) is 10.0 Å². The molecule has 0 unspecified atom stereocenters. The number of amides is 1. The van der Waals surface area contributed by atoms with Crippen molar-refractivity contribution in [1.82, 2.24) is 8.87 Å². The summed E-state index contributed by atoms with van der Waals surface area (Å²) in [5, 5.41) is 0. The molecule has 2 aromatic carbocycles. The predicted octanol–water partition coefficient (Wildman–Crippen LogP) is 5.00. The van der Waals surface area contributed by atoms with Gasteiger partial charge < -0.3 is 4.57 Å². The minimum absolute atomic E-state index is 0.172. The van der Waals surface area contributed by atoms with E-state index in [1.807, 2.05) is 46.1 Å². The van der Waals surface area contributed by atoms with Gasteiger partial charge in [-0.1, -0.05) is 45.0 Å². The summed E-state index contributed by atoms with van der Waals surface area (Å²) in [5.74, 6) is 2.60. The largest absolute Gasteiger partial charge is 0.305 e. The second-order valence-corrected chi connectivity index (χ2v) is 12.6. The Morgan fingerprint density at radius 1 is 1.06 bits per heavy atom. The number of carbonyl (C=O) groups excluding carboxylic acids is 1. The minimum Gasteiger partial charge on any atom is -0.305 e. The summed E-state index contributed by atoms with van der Waals surface area (Å²) in [6, 6.07) is 10.1. The highest BCUT2D eigenvalue weighted by Crippen LogP contribution is 2.23. The topological polar surface area (TPSA) is 71.7 Å². The molecule has 0 N–H and O–H groups in total. The molecule has 1 amide bonds. The second-order valence-electron chi connectivity index (χ2n) is 9.63. The van der Waals surface area contributed by atoms with Crippen LogP contribution in [0, 0.1) is 38.0 Å². The van der Waals surface area contributed by atoms with Crippen LogP contribution in [0.4, 0.5) is 0 Å². The first-order chi connectivity index (χ1) is 16.4. The summed E-state index contributed by atoms with van der Waals surface area (Å²) in [4.78, 5) is 18.0. The fourth-order valence-electron chi connectivity index (χ4n) is 3.81. The maximum atomic E-state index is 13.2. The lowest BCUT2D eigenvalue weighted by atomic mass is 10.1. The third kappa shape index (κ3) is 6.10. The zero-order valence-corrected chi connectivity index (χ0v) is 22.8. The van der Waals surface area contributed by atoms with Gasteiger partial charge in [-0.15, -0.1) is 6.42 Å². The third-order valence-electron chi connectivity index (χ3n) is 5.62. The highest BCUT2D eigenvalue weighted by atomic mass is 32.2. The van der Waals surface area contributed by atoms with Gasteiger partial charge in [-0.05, 0) is 73.2 Å². The van der Waals surface area contributed by atoms with Crippen LogP contribution in [0.25, 0.3) is 10.2 Å². The summed E-state index contributed by atoms with van der Waals surface area (Å²) in [5.41, 5.74) is 3.56. The number of terminal acetylenes is 1. The second kappa shape index (κ2) is 10.9. The number of aromatic nitrogens is 1. The van der Waals surface area contributed by atoms with E-state index in [-0.39, 0.29) is 16.7 Å². The van der Waals surface area contributed by atoms with Crippen LogP contribution in [0.5, 0.6) is 0 Å². The molecule has 1 heterocycles. The van der Waals surface area contributed by atoms with Crippen LogP contribution < -0.4 is 4.80 Å². The Hall–Kier alpha value is -2.73. The predicted molar refractivity (Wildman–Crippen MR) is 143 cm³/mol. The number of nitrogens with zero attached hydrogens (tertiary/aromatic N) is 3. The molecule has 3 aromatic rings. The Kier molecular flexibility index (Phi) is 8.37. The lowest BCUT2D eigenvalue weighted by Crippen LogP contribution is -2.37. The van der Waals surface area contributed by atoms with Crippen LogP contribution in [0.1, 0.15) is 49.2 Å². The third-order valence-corrected chi connectivity index (χ3v) is 8.51. The molecule has 0 saturated carbocycles. The number of hydrogen-bond donors (Lipinski definition) is 0. The Morgan fingerprint density at radius 2 is 1.63 bits per heavy atom. The molecule has 6 nitrogen and oxygen atoms in total. The van der Waals surface area contributed by atoms with E-state index >= 15 is 0 Å². The summed E-state index contributed by atoms with van der Waals surface area (Å²) >= 11 is 1.41. The van der Waals surface area contributed by atoms with Gasteiger partial charge in [0.05, 0.1) is 21.7 Å². The van der Waals surface area contributed by atoms with Gasteiger partial charge in [-0.2, -0.15) is 9.30 Å². The number of benzene rings is 2. The number of rotatable bonds is 8. The van der Waals surface area contributed by atoms with E-state index in [2.05, 4.69) is 23.0 Å². The molecule has 186 valence electrons. The van der Waals surface area contributed by atoms with Gasteiger partial charge in [0.1, 0.15) is 0 Å². The van der Waals surface area contributed by atoms with Gasteiger partial charge in [-0.25, -0.2) is 8.42 Å². The van der Waals surface area contributed by atoms with Crippen LogP contribution in [0.3, 0.4) is 0 Å². The first-order valence-electron chi connectivity index (χ1n) is 11.7. The summed E-state index contributed by atoms with van der Waals surface area (Å²) in [7, 11) is -3.66. The van der Waals surface area contributed by atoms with Crippen molar-refractivity contribution in [2.45, 2.75) is 53.0 Å². The van der Waals surface area contributed by atoms with Crippen molar-refractivity contribution in [3.8, 4) is 12.3 Å². The van der Waals surface area contributed by atoms with Crippen LogP contribution in [-0.2, 0) is 16.6 Å². The van der Waals surface area contributed by atoms with Crippen molar-refractivity contribution in [3.05, 3.63) is 57.9 Å². The van der Waals surface area contributed by atoms with Crippen LogP contribution in [0.15, 0.2) is 46.3 Å². The van der Waals surface area contributed by atoms with Gasteiger partial charge in [0, 0.05) is 18.7 Å². The maximum Gasteiger partial charge on any atom is 0.279 e. The molecule has 35 heavy (non-hydrogen) atoms. The van der Waals surface area contributed by atoms with Crippen LogP contribution >= 0.6 is 11.3 Å². The number of hydrogen-bond acceptors (Lipinski definition) is 4. The van der Waals surface area contributed by atoms with Gasteiger partial charge in [0.15, 0.2) is 4.80 Å². The Bertz CT molecular complexity index is 1430. The fraction of sp³-hybridized carbons (Fsp3) is 0.407. The van der Waals surface area contributed by atoms with E-state index in [1.165, 1.54) is 39.9 Å². The van der Waals surface area contributed by atoms with E-state index < -0.39 is 15.9 Å². The zero-order valence-electron chi connectivity index (χ0n) is 21.2. The highest BCUT2D eigenvalue weighted by molar-refractivity contribution is 7.89. The molecule has 8 heteroatoms. The fourth-order valence-corrected chi connectivity index (χ4v) is 6.68. The van der Waals surface area contributed by atoms with Crippen LogP contribution in [-0.4, -0.2) is 36.3 Å². The molecular weight excluding hydrogens is 478 g/mol. The van der Waals surface area contributed by atoms with Crippen LogP contribution in [0.2, 0.25) is 0 Å². The molecule has 0 saturated heterocycles. The smallest absolute Gasteiger partial charge is 0.279 e. The monoisotopic (exact) mass is 511 g/mol. The number of carbonyl (C=O) groups is 1. The molecule has 0 atom stereocenters. The van der Waals surface area contributed by atoms with Crippen molar-refractivity contribution in [3.63, 3.8) is 0 Å². The summed E-state index contributed by atoms with van der Waals surface area (Å²) in [6.45, 7) is 13.2. The normalized spacial score (nSPS) is 12.7. The van der Waals surface area contributed by atoms with Crippen molar-refractivity contribution in [2.75, 3.05) is 13.1 Å². The van der Waals surface area contributed by atoms with E-state index in [1.54, 1.807) is 0 Å². The molecule has 1 aromatic heterocycles. The van der Waals surface area contributed by atoms with E-state index in [0.29, 0.717) is 30.0 Å². The SMILES string of the molecule is C#CCn1c(=NC(=O)c2ccc(S(=O)(=O)N(CC(C)C)CC(C)C)cc2)sc2cc(C)c(C)cc21. The summed E-state index contributed by atoms with van der Waals surface area (Å²) < 4.78 is 30.9. The average Bonchev–Trinajstić information content (AvgIpc) is 3.09. The van der Waals surface area contributed by atoms with E-state index in [4.69, 9.17) is 6.42 Å². The Labute approximate surface area is 212 Å². The highest BCUT2D eigenvalue weighted by Gasteiger charge is 2.26. The molecule has 0 radical (unpaired) electrons. The lowest BCUT2D eigenvalue weighted by molar-refractivity contribution is 0.0998. The molecule has 0 spiro atoms. The molecule has 0 bridgehead atoms. The van der Waals surface area contributed by atoms with Crippen molar-refractivity contribution >= 4 is 37.5 Å². The zero-order chi connectivity index (χ0) is 25.9. The molecule has 0 aliphatic rings.